The van der Waals surface area contributed by atoms with E-state index in [2.05, 4.69) is 0 Å². The topological polar surface area (TPSA) is 108 Å². The van der Waals surface area contributed by atoms with Gasteiger partial charge in [0.1, 0.15) is 5.76 Å². The van der Waals surface area contributed by atoms with Crippen molar-refractivity contribution in [2.75, 3.05) is 14.2 Å². The summed E-state index contributed by atoms with van der Waals surface area (Å²) in [4.78, 5) is 34.4. The van der Waals surface area contributed by atoms with Crippen molar-refractivity contribution in [1.82, 2.24) is 0 Å². The van der Waals surface area contributed by atoms with Crippen LogP contribution in [0.25, 0.3) is 12.2 Å². The van der Waals surface area contributed by atoms with Crippen molar-refractivity contribution in [3.05, 3.63) is 71.5 Å². The van der Waals surface area contributed by atoms with Crippen molar-refractivity contribution >= 4 is 29.9 Å². The van der Waals surface area contributed by atoms with E-state index >= 15 is 0 Å². The van der Waals surface area contributed by atoms with Crippen LogP contribution >= 0.6 is 0 Å². The SMILES string of the molecule is COc1cc(/C=C/C(=O)C=C(O)/C=C/c2ccc(OC(C)=O)c(OC)c2)ccc1OC(C)=O. The van der Waals surface area contributed by atoms with Crippen LogP contribution in [0.5, 0.6) is 23.0 Å². The quantitative estimate of drug-likeness (QED) is 0.197. The van der Waals surface area contributed by atoms with Crippen molar-refractivity contribution in [2.24, 2.45) is 0 Å². The third-order valence-electron chi connectivity index (χ3n) is 4.06. The molecule has 0 saturated carbocycles. The molecule has 8 heteroatoms. The fourth-order valence-corrected chi connectivity index (χ4v) is 2.66. The number of hydrogen-bond donors (Lipinski definition) is 1. The number of ether oxygens (including phenoxy) is 4. The average molecular weight is 452 g/mol. The van der Waals surface area contributed by atoms with Gasteiger partial charge in [-0.15, -0.1) is 0 Å². The molecular formula is C25H24O8. The lowest BCUT2D eigenvalue weighted by Crippen LogP contribution is -2.03. The number of carbonyl (C=O) groups excluding carboxylic acids is 3. The Morgan fingerprint density at radius 1 is 0.727 bits per heavy atom. The molecule has 2 aromatic rings. The summed E-state index contributed by atoms with van der Waals surface area (Å²) in [7, 11) is 2.88. The van der Waals surface area contributed by atoms with Gasteiger partial charge < -0.3 is 24.1 Å². The molecule has 8 nitrogen and oxygen atoms in total. The van der Waals surface area contributed by atoms with Gasteiger partial charge in [0.2, 0.25) is 0 Å². The molecule has 0 unspecified atom stereocenters. The maximum atomic E-state index is 12.1. The molecule has 172 valence electrons. The highest BCUT2D eigenvalue weighted by Crippen LogP contribution is 2.29. The first-order valence-electron chi connectivity index (χ1n) is 9.75. The molecule has 0 aliphatic carbocycles. The minimum Gasteiger partial charge on any atom is -0.508 e. The third kappa shape index (κ3) is 8.02. The predicted molar refractivity (Wildman–Crippen MR) is 122 cm³/mol. The molecule has 33 heavy (non-hydrogen) atoms. The molecule has 0 radical (unpaired) electrons. The number of carbonyl (C=O) groups is 3. The van der Waals surface area contributed by atoms with E-state index in [1.54, 1.807) is 42.5 Å². The zero-order chi connectivity index (χ0) is 24.4. The Kier molecular flexibility index (Phi) is 8.99. The van der Waals surface area contributed by atoms with Crippen LogP contribution in [0.3, 0.4) is 0 Å². The zero-order valence-electron chi connectivity index (χ0n) is 18.7. The maximum Gasteiger partial charge on any atom is 0.308 e. The van der Waals surface area contributed by atoms with Crippen LogP contribution in [0.2, 0.25) is 0 Å². The van der Waals surface area contributed by atoms with E-state index in [9.17, 15) is 19.5 Å². The summed E-state index contributed by atoms with van der Waals surface area (Å²) in [5.41, 5.74) is 1.30. The Morgan fingerprint density at radius 2 is 1.18 bits per heavy atom. The van der Waals surface area contributed by atoms with Crippen LogP contribution in [0, 0.1) is 0 Å². The summed E-state index contributed by atoms with van der Waals surface area (Å²) in [6.07, 6.45) is 6.79. The molecule has 0 fully saturated rings. The Labute approximate surface area is 191 Å². The molecule has 0 amide bonds. The lowest BCUT2D eigenvalue weighted by atomic mass is 10.1. The summed E-state index contributed by atoms with van der Waals surface area (Å²) in [5, 5.41) is 10.0. The first-order chi connectivity index (χ1) is 15.7. The van der Waals surface area contributed by atoms with Crippen LogP contribution in [-0.2, 0) is 14.4 Å². The monoisotopic (exact) mass is 452 g/mol. The standard InChI is InChI=1S/C25H24O8/c1-16(26)32-22-11-7-18(13-24(22)30-3)5-9-20(28)15-21(29)10-6-19-8-12-23(33-17(2)27)25(14-19)31-4/h5-15,28H,1-4H3/b9-5+,10-6+,20-15?. The van der Waals surface area contributed by atoms with Crippen LogP contribution < -0.4 is 18.9 Å². The van der Waals surface area contributed by atoms with E-state index in [4.69, 9.17) is 18.9 Å². The lowest BCUT2D eigenvalue weighted by molar-refractivity contribution is -0.132. The van der Waals surface area contributed by atoms with E-state index < -0.39 is 17.7 Å². The molecule has 0 atom stereocenters. The van der Waals surface area contributed by atoms with Crippen molar-refractivity contribution in [2.45, 2.75) is 13.8 Å². The number of allylic oxidation sites excluding steroid dienone is 3. The van der Waals surface area contributed by atoms with Gasteiger partial charge in [0.15, 0.2) is 28.8 Å². The van der Waals surface area contributed by atoms with Gasteiger partial charge in [0.25, 0.3) is 0 Å². The summed E-state index contributed by atoms with van der Waals surface area (Å²) in [5.74, 6) is -0.394. The molecule has 0 aliphatic heterocycles. The summed E-state index contributed by atoms with van der Waals surface area (Å²) in [6, 6.07) is 9.67. The molecule has 2 aromatic carbocycles. The smallest absolute Gasteiger partial charge is 0.308 e. The number of rotatable bonds is 9. The van der Waals surface area contributed by atoms with Crippen LogP contribution in [0.1, 0.15) is 25.0 Å². The fourth-order valence-electron chi connectivity index (χ4n) is 2.66. The van der Waals surface area contributed by atoms with E-state index in [1.165, 1.54) is 46.3 Å². The number of esters is 2. The summed E-state index contributed by atoms with van der Waals surface area (Å²) < 4.78 is 20.5. The largest absolute Gasteiger partial charge is 0.508 e. The van der Waals surface area contributed by atoms with Gasteiger partial charge in [0.05, 0.1) is 14.2 Å². The van der Waals surface area contributed by atoms with Gasteiger partial charge in [-0.1, -0.05) is 24.3 Å². The van der Waals surface area contributed by atoms with Crippen molar-refractivity contribution in [1.29, 1.82) is 0 Å². The second-order valence-electron chi connectivity index (χ2n) is 6.65. The molecular weight excluding hydrogens is 428 g/mol. The van der Waals surface area contributed by atoms with E-state index in [-0.39, 0.29) is 17.3 Å². The van der Waals surface area contributed by atoms with Gasteiger partial charge in [-0.05, 0) is 47.5 Å². The zero-order valence-corrected chi connectivity index (χ0v) is 18.7. The normalized spacial score (nSPS) is 11.5. The number of benzene rings is 2. The molecule has 0 saturated heterocycles. The fraction of sp³-hybridized carbons (Fsp3) is 0.160. The van der Waals surface area contributed by atoms with Gasteiger partial charge in [-0.25, -0.2) is 0 Å². The number of methoxy groups -OCH3 is 2. The first kappa shape index (κ1) is 24.9. The molecule has 0 spiro atoms. The molecule has 0 heterocycles. The van der Waals surface area contributed by atoms with Gasteiger partial charge in [-0.3, -0.25) is 14.4 Å². The van der Waals surface area contributed by atoms with Crippen molar-refractivity contribution in [3.8, 4) is 23.0 Å². The number of aliphatic hydroxyl groups excluding tert-OH is 1. The minimum atomic E-state index is -0.473. The van der Waals surface area contributed by atoms with Crippen LogP contribution in [0.15, 0.2) is 60.4 Å². The average Bonchev–Trinajstić information content (AvgIpc) is 2.76. The third-order valence-corrected chi connectivity index (χ3v) is 4.06. The van der Waals surface area contributed by atoms with Gasteiger partial charge in [-0.2, -0.15) is 0 Å². The number of ketones is 1. The molecule has 0 aliphatic rings. The number of aliphatic hydroxyl groups is 1. The Bertz CT molecular complexity index is 1130. The summed E-state index contributed by atoms with van der Waals surface area (Å²) >= 11 is 0. The molecule has 2 rings (SSSR count). The Hall–Kier alpha value is -4.33. The number of hydrogen-bond acceptors (Lipinski definition) is 8. The second-order valence-corrected chi connectivity index (χ2v) is 6.65. The molecule has 0 bridgehead atoms. The first-order valence-corrected chi connectivity index (χ1v) is 9.75. The van der Waals surface area contributed by atoms with Crippen LogP contribution in [0.4, 0.5) is 0 Å². The lowest BCUT2D eigenvalue weighted by Gasteiger charge is -2.08. The van der Waals surface area contributed by atoms with Gasteiger partial charge in [0, 0.05) is 19.9 Å². The second kappa shape index (κ2) is 11.9. The Morgan fingerprint density at radius 3 is 1.61 bits per heavy atom. The van der Waals surface area contributed by atoms with E-state index in [0.717, 1.165) is 6.08 Å². The minimum absolute atomic E-state index is 0.254. The molecule has 1 N–H and O–H groups in total. The molecule has 0 aromatic heterocycles. The maximum absolute atomic E-state index is 12.1. The Balaban J connectivity index is 2.08. The highest BCUT2D eigenvalue weighted by Gasteiger charge is 2.08. The highest BCUT2D eigenvalue weighted by molar-refractivity contribution is 6.02. The van der Waals surface area contributed by atoms with Crippen molar-refractivity contribution in [3.63, 3.8) is 0 Å². The predicted octanol–water partition coefficient (Wildman–Crippen LogP) is 4.29. The van der Waals surface area contributed by atoms with E-state index in [1.807, 2.05) is 0 Å². The van der Waals surface area contributed by atoms with Gasteiger partial charge >= 0.3 is 11.9 Å². The van der Waals surface area contributed by atoms with Crippen molar-refractivity contribution < 1.29 is 38.4 Å². The summed E-state index contributed by atoms with van der Waals surface area (Å²) in [6.45, 7) is 2.57. The highest BCUT2D eigenvalue weighted by atomic mass is 16.6. The van der Waals surface area contributed by atoms with Crippen LogP contribution in [-0.4, -0.2) is 37.0 Å². The van der Waals surface area contributed by atoms with E-state index in [0.29, 0.717) is 22.6 Å².